The number of nitrogens with two attached hydrogens (primary N) is 1. The Bertz CT molecular complexity index is 361. The van der Waals surface area contributed by atoms with E-state index in [4.69, 9.17) is 17.3 Å². The van der Waals surface area contributed by atoms with E-state index < -0.39 is 0 Å². The SMILES string of the molecule is CN(Cc1cc(N)ccc1Cl)CC1CCC1. The van der Waals surface area contributed by atoms with Crippen LogP contribution in [0.4, 0.5) is 5.69 Å². The number of halogens is 1. The van der Waals surface area contributed by atoms with Crippen LogP contribution >= 0.6 is 11.6 Å². The highest BCUT2D eigenvalue weighted by molar-refractivity contribution is 6.31. The van der Waals surface area contributed by atoms with Crippen molar-refractivity contribution in [1.82, 2.24) is 4.90 Å². The summed E-state index contributed by atoms with van der Waals surface area (Å²) in [7, 11) is 2.15. The number of nitrogen functional groups attached to an aromatic ring is 1. The molecule has 0 heterocycles. The molecule has 0 atom stereocenters. The Labute approximate surface area is 102 Å². The van der Waals surface area contributed by atoms with Gasteiger partial charge in [-0.25, -0.2) is 0 Å². The van der Waals surface area contributed by atoms with Crippen molar-refractivity contribution in [2.45, 2.75) is 25.8 Å². The van der Waals surface area contributed by atoms with Crippen molar-refractivity contribution in [2.24, 2.45) is 5.92 Å². The fourth-order valence-corrected chi connectivity index (χ4v) is 2.36. The zero-order chi connectivity index (χ0) is 11.5. The zero-order valence-electron chi connectivity index (χ0n) is 9.75. The zero-order valence-corrected chi connectivity index (χ0v) is 10.5. The van der Waals surface area contributed by atoms with Gasteiger partial charge < -0.3 is 10.6 Å². The molecule has 0 saturated heterocycles. The molecule has 2 N–H and O–H groups in total. The topological polar surface area (TPSA) is 29.3 Å². The summed E-state index contributed by atoms with van der Waals surface area (Å²) in [5.74, 6) is 0.893. The minimum atomic E-state index is 0.788. The molecule has 1 aromatic carbocycles. The number of benzene rings is 1. The van der Waals surface area contributed by atoms with E-state index in [1.165, 1.54) is 25.8 Å². The summed E-state index contributed by atoms with van der Waals surface area (Å²) in [5, 5.41) is 0.814. The van der Waals surface area contributed by atoms with Crippen molar-refractivity contribution in [1.29, 1.82) is 0 Å². The quantitative estimate of drug-likeness (QED) is 0.817. The second-order valence-electron chi connectivity index (χ2n) is 4.84. The summed E-state index contributed by atoms with van der Waals surface area (Å²) in [4.78, 5) is 2.34. The first kappa shape index (κ1) is 11.7. The van der Waals surface area contributed by atoms with Gasteiger partial charge >= 0.3 is 0 Å². The lowest BCUT2D eigenvalue weighted by Gasteiger charge is -2.30. The van der Waals surface area contributed by atoms with Crippen LogP contribution in [0.2, 0.25) is 5.02 Å². The van der Waals surface area contributed by atoms with Gasteiger partial charge in [-0.2, -0.15) is 0 Å². The van der Waals surface area contributed by atoms with Gasteiger partial charge in [-0.3, -0.25) is 0 Å². The van der Waals surface area contributed by atoms with Gasteiger partial charge in [0.25, 0.3) is 0 Å². The molecular weight excluding hydrogens is 220 g/mol. The van der Waals surface area contributed by atoms with Crippen molar-refractivity contribution in [3.05, 3.63) is 28.8 Å². The molecule has 16 heavy (non-hydrogen) atoms. The van der Waals surface area contributed by atoms with Crippen LogP contribution in [0.5, 0.6) is 0 Å². The van der Waals surface area contributed by atoms with Crippen molar-refractivity contribution >= 4 is 17.3 Å². The molecule has 2 nitrogen and oxygen atoms in total. The van der Waals surface area contributed by atoms with Gasteiger partial charge in [0, 0.05) is 23.8 Å². The van der Waals surface area contributed by atoms with Crippen molar-refractivity contribution in [3.8, 4) is 0 Å². The van der Waals surface area contributed by atoms with Crippen LogP contribution in [0.25, 0.3) is 0 Å². The first-order valence-electron chi connectivity index (χ1n) is 5.87. The Hall–Kier alpha value is -0.730. The molecule has 0 amide bonds. The van der Waals surface area contributed by atoms with Gasteiger partial charge in [0.1, 0.15) is 0 Å². The predicted molar refractivity (Wildman–Crippen MR) is 69.5 cm³/mol. The molecule has 0 bridgehead atoms. The maximum Gasteiger partial charge on any atom is 0.0452 e. The van der Waals surface area contributed by atoms with E-state index in [9.17, 15) is 0 Å². The normalized spacial score (nSPS) is 16.4. The Morgan fingerprint density at radius 1 is 1.44 bits per heavy atom. The molecule has 2 rings (SSSR count). The van der Waals surface area contributed by atoms with Crippen LogP contribution in [0.15, 0.2) is 18.2 Å². The van der Waals surface area contributed by atoms with Crippen LogP contribution in [0.3, 0.4) is 0 Å². The molecule has 88 valence electrons. The Morgan fingerprint density at radius 2 is 2.19 bits per heavy atom. The number of nitrogens with zero attached hydrogens (tertiary/aromatic N) is 1. The Balaban J connectivity index is 1.93. The van der Waals surface area contributed by atoms with E-state index in [1.54, 1.807) is 0 Å². The maximum atomic E-state index is 6.14. The van der Waals surface area contributed by atoms with Crippen molar-refractivity contribution in [3.63, 3.8) is 0 Å². The van der Waals surface area contributed by atoms with Gasteiger partial charge in [-0.15, -0.1) is 0 Å². The predicted octanol–water partition coefficient (Wildman–Crippen LogP) is 3.15. The van der Waals surface area contributed by atoms with Gasteiger partial charge in [-0.1, -0.05) is 18.0 Å². The van der Waals surface area contributed by atoms with Gasteiger partial charge in [0.2, 0.25) is 0 Å². The highest BCUT2D eigenvalue weighted by Gasteiger charge is 2.19. The smallest absolute Gasteiger partial charge is 0.0452 e. The molecule has 1 aliphatic rings. The highest BCUT2D eigenvalue weighted by Crippen LogP contribution is 2.28. The third-order valence-corrected chi connectivity index (χ3v) is 3.67. The summed E-state index contributed by atoms with van der Waals surface area (Å²) in [6.07, 6.45) is 4.17. The van der Waals surface area contributed by atoms with E-state index in [0.717, 1.165) is 28.7 Å². The first-order valence-corrected chi connectivity index (χ1v) is 6.25. The molecular formula is C13H19ClN2. The highest BCUT2D eigenvalue weighted by atomic mass is 35.5. The lowest BCUT2D eigenvalue weighted by atomic mass is 9.85. The second kappa shape index (κ2) is 5.07. The third kappa shape index (κ3) is 2.89. The fraction of sp³-hybridized carbons (Fsp3) is 0.538. The average molecular weight is 239 g/mol. The molecule has 0 radical (unpaired) electrons. The van der Waals surface area contributed by atoms with E-state index in [-0.39, 0.29) is 0 Å². The summed E-state index contributed by atoms with van der Waals surface area (Å²) in [6, 6.07) is 5.70. The molecule has 0 unspecified atom stereocenters. The standard InChI is InChI=1S/C13H19ClN2/c1-16(8-10-3-2-4-10)9-11-7-12(15)5-6-13(11)14/h5-7,10H,2-4,8-9,15H2,1H3. The van der Waals surface area contributed by atoms with Crippen molar-refractivity contribution in [2.75, 3.05) is 19.3 Å². The molecule has 0 spiro atoms. The maximum absolute atomic E-state index is 6.14. The molecule has 1 fully saturated rings. The number of hydrogen-bond acceptors (Lipinski definition) is 2. The van der Waals surface area contributed by atoms with E-state index in [0.29, 0.717) is 0 Å². The van der Waals surface area contributed by atoms with Crippen LogP contribution in [0, 0.1) is 5.92 Å². The monoisotopic (exact) mass is 238 g/mol. The Morgan fingerprint density at radius 3 is 2.81 bits per heavy atom. The molecule has 1 aliphatic carbocycles. The molecule has 0 aliphatic heterocycles. The minimum absolute atomic E-state index is 0.788. The van der Waals surface area contributed by atoms with E-state index in [1.807, 2.05) is 18.2 Å². The summed E-state index contributed by atoms with van der Waals surface area (Å²) < 4.78 is 0. The largest absolute Gasteiger partial charge is 0.399 e. The number of rotatable bonds is 4. The average Bonchev–Trinajstić information content (AvgIpc) is 2.18. The second-order valence-corrected chi connectivity index (χ2v) is 5.25. The third-order valence-electron chi connectivity index (χ3n) is 3.30. The summed E-state index contributed by atoms with van der Waals surface area (Å²) in [6.45, 7) is 2.06. The van der Waals surface area contributed by atoms with E-state index >= 15 is 0 Å². The van der Waals surface area contributed by atoms with Crippen molar-refractivity contribution < 1.29 is 0 Å². The van der Waals surface area contributed by atoms with Crippen LogP contribution < -0.4 is 5.73 Å². The molecule has 1 saturated carbocycles. The summed E-state index contributed by atoms with van der Waals surface area (Å²) >= 11 is 6.14. The van der Waals surface area contributed by atoms with E-state index in [2.05, 4.69) is 11.9 Å². The number of hydrogen-bond donors (Lipinski definition) is 1. The molecule has 0 aromatic heterocycles. The lowest BCUT2D eigenvalue weighted by molar-refractivity contribution is 0.200. The van der Waals surface area contributed by atoms with Gasteiger partial charge in [-0.05, 0) is 49.6 Å². The lowest BCUT2D eigenvalue weighted by Crippen LogP contribution is -2.29. The first-order chi connectivity index (χ1) is 7.65. The van der Waals surface area contributed by atoms with Gasteiger partial charge in [0.15, 0.2) is 0 Å². The minimum Gasteiger partial charge on any atom is -0.399 e. The fourth-order valence-electron chi connectivity index (χ4n) is 2.19. The number of anilines is 1. The van der Waals surface area contributed by atoms with Gasteiger partial charge in [0.05, 0.1) is 0 Å². The molecule has 3 heteroatoms. The Kier molecular flexibility index (Phi) is 3.72. The van der Waals surface area contributed by atoms with Crippen LogP contribution in [0.1, 0.15) is 24.8 Å². The van der Waals surface area contributed by atoms with Crippen LogP contribution in [-0.4, -0.2) is 18.5 Å². The molecule has 1 aromatic rings. The van der Waals surface area contributed by atoms with Crippen LogP contribution in [-0.2, 0) is 6.54 Å². The summed E-state index contributed by atoms with van der Waals surface area (Å²) in [5.41, 5.74) is 7.68.